The van der Waals surface area contributed by atoms with E-state index in [0.29, 0.717) is 11.2 Å². The normalized spacial score (nSPS) is 29.2. The molecule has 3 saturated carbocycles. The molecule has 0 unspecified atom stereocenters. The lowest BCUT2D eigenvalue weighted by atomic mass is 9.53. The molecule has 3 fully saturated rings. The van der Waals surface area contributed by atoms with Gasteiger partial charge in [-0.2, -0.15) is 0 Å². The van der Waals surface area contributed by atoms with Gasteiger partial charge in [0.15, 0.2) is 0 Å². The molecule has 5 nitrogen and oxygen atoms in total. The van der Waals surface area contributed by atoms with Gasteiger partial charge < -0.3 is 4.74 Å². The first-order valence-corrected chi connectivity index (χ1v) is 10.0. The number of nitrogens with one attached hydrogen (secondary N) is 1. The zero-order valence-corrected chi connectivity index (χ0v) is 15.1. The highest BCUT2D eigenvalue weighted by atomic mass is 32.2. The lowest BCUT2D eigenvalue weighted by Gasteiger charge is -2.52. The van der Waals surface area contributed by atoms with E-state index in [4.69, 9.17) is 4.74 Å². The average Bonchev–Trinajstić information content (AvgIpc) is 2.63. The monoisotopic (exact) mass is 351 g/mol. The Morgan fingerprint density at radius 1 is 1.08 bits per heavy atom. The fourth-order valence-electron chi connectivity index (χ4n) is 4.18. The zero-order chi connectivity index (χ0) is 17.4. The Labute approximate surface area is 143 Å². The van der Waals surface area contributed by atoms with Crippen LogP contribution in [0.4, 0.5) is 0 Å². The van der Waals surface area contributed by atoms with E-state index in [2.05, 4.69) is 11.6 Å². The van der Waals surface area contributed by atoms with Crippen LogP contribution in [0.1, 0.15) is 51.9 Å². The van der Waals surface area contributed by atoms with E-state index in [1.807, 2.05) is 0 Å². The van der Waals surface area contributed by atoms with Crippen molar-refractivity contribution in [1.82, 2.24) is 4.72 Å². The predicted octanol–water partition coefficient (Wildman–Crippen LogP) is 3.25. The molecule has 4 rings (SSSR count). The molecule has 1 aromatic rings. The average molecular weight is 351 g/mol. The molecule has 2 bridgehead atoms. The Balaban J connectivity index is 1.74. The minimum Gasteiger partial charge on any atom is -0.497 e. The van der Waals surface area contributed by atoms with E-state index < -0.39 is 15.4 Å². The van der Waals surface area contributed by atoms with Crippen molar-refractivity contribution in [1.29, 1.82) is 0 Å². The van der Waals surface area contributed by atoms with Gasteiger partial charge in [0.2, 0.25) is 5.91 Å². The molecule has 0 atom stereocenters. The molecule has 24 heavy (non-hydrogen) atoms. The molecule has 0 heterocycles. The van der Waals surface area contributed by atoms with Gasteiger partial charge in [-0.25, -0.2) is 13.1 Å². The Morgan fingerprint density at radius 2 is 1.62 bits per heavy atom. The van der Waals surface area contributed by atoms with Gasteiger partial charge in [-0.05, 0) is 68.2 Å². The van der Waals surface area contributed by atoms with Crippen LogP contribution in [0.2, 0.25) is 0 Å². The van der Waals surface area contributed by atoms with Crippen molar-refractivity contribution in [2.45, 2.75) is 56.8 Å². The smallest absolute Gasteiger partial charge is 0.264 e. The first-order valence-electron chi connectivity index (χ1n) is 8.56. The second-order valence-electron chi connectivity index (χ2n) is 7.24. The van der Waals surface area contributed by atoms with Crippen molar-refractivity contribution in [2.75, 3.05) is 7.11 Å². The van der Waals surface area contributed by atoms with Gasteiger partial charge in [0.1, 0.15) is 5.75 Å². The quantitative estimate of drug-likeness (QED) is 0.884. The Morgan fingerprint density at radius 3 is 2.08 bits per heavy atom. The summed E-state index contributed by atoms with van der Waals surface area (Å²) in [6, 6.07) is 6.06. The fraction of sp³-hybridized carbons (Fsp3) is 0.611. The Kier molecular flexibility index (Phi) is 4.36. The number of methoxy groups -OCH3 is 1. The number of fused-ring (bicyclic) bond motifs is 3. The largest absolute Gasteiger partial charge is 0.497 e. The molecule has 0 radical (unpaired) electrons. The molecule has 0 spiro atoms. The lowest BCUT2D eigenvalue weighted by Crippen LogP contribution is -2.51. The molecule has 0 aromatic heterocycles. The number of amides is 1. The Hall–Kier alpha value is -1.56. The molecule has 1 aromatic carbocycles. The van der Waals surface area contributed by atoms with Crippen LogP contribution < -0.4 is 9.46 Å². The summed E-state index contributed by atoms with van der Waals surface area (Å²) in [4.78, 5) is 12.9. The van der Waals surface area contributed by atoms with Gasteiger partial charge in [-0.3, -0.25) is 4.79 Å². The van der Waals surface area contributed by atoms with Crippen molar-refractivity contribution in [3.05, 3.63) is 24.3 Å². The fourth-order valence-corrected chi connectivity index (χ4v) is 5.25. The summed E-state index contributed by atoms with van der Waals surface area (Å²) >= 11 is 0. The van der Waals surface area contributed by atoms with Crippen LogP contribution in [0.15, 0.2) is 29.2 Å². The van der Waals surface area contributed by atoms with Crippen molar-refractivity contribution in [3.63, 3.8) is 0 Å². The minimum atomic E-state index is -3.84. The number of hydrogen-bond donors (Lipinski definition) is 1. The molecule has 1 N–H and O–H groups in total. The number of sulfonamides is 1. The predicted molar refractivity (Wildman–Crippen MR) is 91.2 cm³/mol. The second kappa shape index (κ2) is 6.06. The van der Waals surface area contributed by atoms with Crippen LogP contribution in [0.3, 0.4) is 0 Å². The van der Waals surface area contributed by atoms with Crippen LogP contribution in [0.25, 0.3) is 0 Å². The van der Waals surface area contributed by atoms with Crippen LogP contribution in [-0.4, -0.2) is 21.4 Å². The van der Waals surface area contributed by atoms with E-state index >= 15 is 0 Å². The number of ether oxygens (including phenoxy) is 1. The van der Waals surface area contributed by atoms with Gasteiger partial charge >= 0.3 is 0 Å². The van der Waals surface area contributed by atoms with Crippen molar-refractivity contribution >= 4 is 15.9 Å². The number of rotatable bonds is 5. The van der Waals surface area contributed by atoms with Gasteiger partial charge in [-0.1, -0.05) is 13.3 Å². The third-order valence-corrected chi connectivity index (χ3v) is 7.58. The molecule has 6 heteroatoms. The van der Waals surface area contributed by atoms with E-state index in [9.17, 15) is 13.2 Å². The number of carbonyl (C=O) groups excluding carboxylic acids is 1. The highest BCUT2D eigenvalue weighted by Crippen LogP contribution is 2.58. The topological polar surface area (TPSA) is 72.5 Å². The molecular formula is C18H25NO4S. The Bertz CT molecular complexity index is 699. The summed E-state index contributed by atoms with van der Waals surface area (Å²) in [6.45, 7) is 2.21. The molecule has 132 valence electrons. The van der Waals surface area contributed by atoms with Crippen LogP contribution in [-0.2, 0) is 14.8 Å². The summed E-state index contributed by atoms with van der Waals surface area (Å²) in [6.07, 6.45) is 6.62. The van der Waals surface area contributed by atoms with Crippen molar-refractivity contribution in [2.24, 2.45) is 10.8 Å². The van der Waals surface area contributed by atoms with Gasteiger partial charge in [0.05, 0.1) is 17.4 Å². The summed E-state index contributed by atoms with van der Waals surface area (Å²) in [7, 11) is -2.32. The first-order chi connectivity index (χ1) is 11.3. The van der Waals surface area contributed by atoms with Gasteiger partial charge in [0, 0.05) is 0 Å². The molecule has 1 amide bonds. The lowest BCUT2D eigenvalue weighted by molar-refractivity contribution is -0.138. The van der Waals surface area contributed by atoms with E-state index in [-0.39, 0.29) is 10.8 Å². The van der Waals surface area contributed by atoms with Crippen molar-refractivity contribution in [3.8, 4) is 5.75 Å². The minimum absolute atomic E-state index is 0.0857. The zero-order valence-electron chi connectivity index (χ0n) is 14.3. The van der Waals surface area contributed by atoms with E-state index in [1.165, 1.54) is 19.2 Å². The van der Waals surface area contributed by atoms with Crippen LogP contribution in [0, 0.1) is 10.8 Å². The molecule has 0 aliphatic heterocycles. The molecular weight excluding hydrogens is 326 g/mol. The molecule has 3 aliphatic rings. The van der Waals surface area contributed by atoms with E-state index in [1.54, 1.807) is 12.1 Å². The highest BCUT2D eigenvalue weighted by Gasteiger charge is 2.52. The number of hydrogen-bond acceptors (Lipinski definition) is 4. The molecule has 3 aliphatic carbocycles. The van der Waals surface area contributed by atoms with Gasteiger partial charge in [0.25, 0.3) is 10.0 Å². The second-order valence-corrected chi connectivity index (χ2v) is 8.93. The SMILES string of the molecule is CCC12CCC(C(=O)NS(=O)(=O)c3ccc(OC)cc3)(CC1)CC2. The number of carbonyl (C=O) groups is 1. The van der Waals surface area contributed by atoms with Crippen molar-refractivity contribution < 1.29 is 17.9 Å². The third kappa shape index (κ3) is 2.92. The summed E-state index contributed by atoms with van der Waals surface area (Å²) < 4.78 is 32.4. The van der Waals surface area contributed by atoms with E-state index in [0.717, 1.165) is 44.9 Å². The summed E-state index contributed by atoms with van der Waals surface area (Å²) in [5, 5.41) is 0. The standard InChI is InChI=1S/C18H25NO4S/c1-3-17-8-11-18(12-9-17,13-10-17)16(20)19-24(21,22)15-6-4-14(23-2)5-7-15/h4-7H,3,8-13H2,1-2H3,(H,19,20). The first kappa shape index (κ1) is 17.3. The maximum absolute atomic E-state index is 12.8. The maximum Gasteiger partial charge on any atom is 0.264 e. The summed E-state index contributed by atoms with van der Waals surface area (Å²) in [5.41, 5.74) is -0.118. The molecule has 0 saturated heterocycles. The maximum atomic E-state index is 12.8. The highest BCUT2D eigenvalue weighted by molar-refractivity contribution is 7.90. The van der Waals surface area contributed by atoms with Crippen LogP contribution in [0.5, 0.6) is 5.75 Å². The van der Waals surface area contributed by atoms with Crippen LogP contribution >= 0.6 is 0 Å². The summed E-state index contributed by atoms with van der Waals surface area (Å²) in [5.74, 6) is 0.247. The number of benzene rings is 1. The third-order valence-electron chi connectivity index (χ3n) is 6.23. The van der Waals surface area contributed by atoms with Gasteiger partial charge in [-0.15, -0.1) is 0 Å².